The van der Waals surface area contributed by atoms with Crippen LogP contribution in [0.25, 0.3) is 0 Å². The molecule has 0 saturated carbocycles. The number of hydrogen-bond acceptors (Lipinski definition) is 2. The zero-order valence-corrected chi connectivity index (χ0v) is 16.3. The highest BCUT2D eigenvalue weighted by Gasteiger charge is 2.14. The smallest absolute Gasteiger partial charge is 0.230 e. The maximum Gasteiger partial charge on any atom is 0.230 e. The molecule has 1 atom stereocenters. The van der Waals surface area contributed by atoms with Crippen LogP contribution in [0.4, 0.5) is 4.39 Å². The third kappa shape index (κ3) is 5.48. The lowest BCUT2D eigenvalue weighted by molar-refractivity contribution is -0.119. The number of benzene rings is 2. The first-order chi connectivity index (χ1) is 11.9. The van der Waals surface area contributed by atoms with Crippen LogP contribution in [0, 0.1) is 19.7 Å². The van der Waals surface area contributed by atoms with Gasteiger partial charge in [0.1, 0.15) is 5.82 Å². The van der Waals surface area contributed by atoms with Crippen molar-refractivity contribution in [2.75, 3.05) is 5.75 Å². The third-order valence-electron chi connectivity index (χ3n) is 4.22. The van der Waals surface area contributed by atoms with Crippen LogP contribution in [0.15, 0.2) is 36.4 Å². The SMILES string of the molecule is CC[C@@H](NC(=O)CSCc1c(F)cccc1Cl)c1ccc(C)c(C)c1. The number of thioether (sulfide) groups is 1. The summed E-state index contributed by atoms with van der Waals surface area (Å²) < 4.78 is 13.7. The Kier molecular flexibility index (Phi) is 7.33. The molecule has 2 nitrogen and oxygen atoms in total. The van der Waals surface area contributed by atoms with E-state index in [9.17, 15) is 9.18 Å². The highest BCUT2D eigenvalue weighted by atomic mass is 35.5. The Morgan fingerprint density at radius 2 is 2.00 bits per heavy atom. The summed E-state index contributed by atoms with van der Waals surface area (Å²) in [6, 6.07) is 10.9. The number of carbonyl (C=O) groups is 1. The fraction of sp³-hybridized carbons (Fsp3) is 0.350. The topological polar surface area (TPSA) is 29.1 Å². The van der Waals surface area contributed by atoms with Gasteiger partial charge >= 0.3 is 0 Å². The van der Waals surface area contributed by atoms with Gasteiger partial charge in [-0.05, 0) is 49.1 Å². The van der Waals surface area contributed by atoms with E-state index in [0.29, 0.717) is 16.3 Å². The summed E-state index contributed by atoms with van der Waals surface area (Å²) in [6.07, 6.45) is 0.818. The van der Waals surface area contributed by atoms with Gasteiger partial charge in [-0.15, -0.1) is 11.8 Å². The van der Waals surface area contributed by atoms with Crippen LogP contribution in [0.2, 0.25) is 5.02 Å². The minimum Gasteiger partial charge on any atom is -0.349 e. The van der Waals surface area contributed by atoms with Crippen LogP contribution in [0.3, 0.4) is 0 Å². The Balaban J connectivity index is 1.91. The fourth-order valence-electron chi connectivity index (χ4n) is 2.55. The highest BCUT2D eigenvalue weighted by molar-refractivity contribution is 7.99. The Morgan fingerprint density at radius 3 is 2.64 bits per heavy atom. The summed E-state index contributed by atoms with van der Waals surface area (Å²) in [5.41, 5.74) is 4.01. The third-order valence-corrected chi connectivity index (χ3v) is 5.53. The van der Waals surface area contributed by atoms with E-state index in [1.54, 1.807) is 12.1 Å². The maximum atomic E-state index is 13.7. The summed E-state index contributed by atoms with van der Waals surface area (Å²) in [5.74, 6) is 0.260. The molecule has 0 radical (unpaired) electrons. The monoisotopic (exact) mass is 379 g/mol. The molecule has 25 heavy (non-hydrogen) atoms. The van der Waals surface area contributed by atoms with Crippen molar-refractivity contribution in [3.8, 4) is 0 Å². The predicted octanol–water partition coefficient (Wildman–Crippen LogP) is 5.60. The van der Waals surface area contributed by atoms with Crippen LogP contribution in [0.1, 0.15) is 41.6 Å². The molecule has 5 heteroatoms. The molecule has 0 heterocycles. The quantitative estimate of drug-likeness (QED) is 0.678. The van der Waals surface area contributed by atoms with Crippen LogP contribution in [-0.2, 0) is 10.5 Å². The fourth-order valence-corrected chi connectivity index (χ4v) is 3.73. The molecule has 0 spiro atoms. The molecule has 134 valence electrons. The van der Waals surface area contributed by atoms with Crippen LogP contribution in [-0.4, -0.2) is 11.7 Å². The molecule has 0 unspecified atom stereocenters. The molecule has 0 aliphatic carbocycles. The molecule has 0 aliphatic rings. The number of rotatable bonds is 7. The second-order valence-corrected chi connectivity index (χ2v) is 7.46. The summed E-state index contributed by atoms with van der Waals surface area (Å²) in [5, 5.41) is 3.46. The van der Waals surface area contributed by atoms with E-state index in [4.69, 9.17) is 11.6 Å². The lowest BCUT2D eigenvalue weighted by atomic mass is 9.99. The van der Waals surface area contributed by atoms with Crippen molar-refractivity contribution in [2.45, 2.75) is 39.0 Å². The predicted molar refractivity (Wildman–Crippen MR) is 105 cm³/mol. The average Bonchev–Trinajstić information content (AvgIpc) is 2.58. The Labute approximate surface area is 158 Å². The normalized spacial score (nSPS) is 12.0. The molecule has 2 rings (SSSR count). The van der Waals surface area contributed by atoms with Crippen molar-refractivity contribution >= 4 is 29.3 Å². The van der Waals surface area contributed by atoms with Gasteiger partial charge in [0.25, 0.3) is 0 Å². The van der Waals surface area contributed by atoms with E-state index in [0.717, 1.165) is 12.0 Å². The van der Waals surface area contributed by atoms with Gasteiger partial charge in [-0.3, -0.25) is 4.79 Å². The molecule has 1 N–H and O–H groups in total. The maximum absolute atomic E-state index is 13.7. The van der Waals surface area contributed by atoms with Gasteiger partial charge in [0.05, 0.1) is 11.8 Å². The molecule has 1 amide bonds. The van der Waals surface area contributed by atoms with Crippen molar-refractivity contribution in [3.63, 3.8) is 0 Å². The summed E-state index contributed by atoms with van der Waals surface area (Å²) in [6.45, 7) is 6.19. The molecule has 0 saturated heterocycles. The number of halogens is 2. The minimum absolute atomic E-state index is 0.00977. The lowest BCUT2D eigenvalue weighted by Crippen LogP contribution is -2.29. The average molecular weight is 380 g/mol. The standard InChI is InChI=1S/C20H23ClFNOS/c1-4-19(15-9-8-13(2)14(3)10-15)23-20(24)12-25-11-16-17(21)6-5-7-18(16)22/h5-10,19H,4,11-12H2,1-3H3,(H,23,24)/t19-/m1/s1. The van der Waals surface area contributed by atoms with E-state index >= 15 is 0 Å². The second-order valence-electron chi connectivity index (χ2n) is 6.07. The van der Waals surface area contributed by atoms with Gasteiger partial charge in [0.2, 0.25) is 5.91 Å². The summed E-state index contributed by atoms with van der Waals surface area (Å²) in [7, 11) is 0. The Morgan fingerprint density at radius 1 is 1.24 bits per heavy atom. The van der Waals surface area contributed by atoms with Crippen LogP contribution < -0.4 is 5.32 Å². The van der Waals surface area contributed by atoms with Crippen molar-refractivity contribution in [1.29, 1.82) is 0 Å². The first-order valence-electron chi connectivity index (χ1n) is 8.29. The van der Waals surface area contributed by atoms with Crippen molar-refractivity contribution in [2.24, 2.45) is 0 Å². The van der Waals surface area contributed by atoms with Crippen LogP contribution >= 0.6 is 23.4 Å². The van der Waals surface area contributed by atoms with E-state index in [2.05, 4.69) is 37.4 Å². The van der Waals surface area contributed by atoms with Gasteiger partial charge in [0, 0.05) is 16.3 Å². The second kappa shape index (κ2) is 9.25. The summed E-state index contributed by atoms with van der Waals surface area (Å²) >= 11 is 7.36. The van der Waals surface area contributed by atoms with Crippen molar-refractivity contribution < 1.29 is 9.18 Å². The first-order valence-corrected chi connectivity index (χ1v) is 9.82. The molecule has 0 fully saturated rings. The first kappa shape index (κ1) is 19.8. The lowest BCUT2D eigenvalue weighted by Gasteiger charge is -2.18. The van der Waals surface area contributed by atoms with Gasteiger partial charge in [-0.2, -0.15) is 0 Å². The molecule has 0 aromatic heterocycles. The molecular formula is C20H23ClFNOS. The number of nitrogens with one attached hydrogen (secondary N) is 1. The number of hydrogen-bond donors (Lipinski definition) is 1. The van der Waals surface area contributed by atoms with E-state index in [1.807, 2.05) is 6.92 Å². The van der Waals surface area contributed by atoms with Gasteiger partial charge in [-0.1, -0.05) is 42.8 Å². The zero-order valence-electron chi connectivity index (χ0n) is 14.7. The molecule has 2 aromatic rings. The van der Waals surface area contributed by atoms with Crippen molar-refractivity contribution in [3.05, 3.63) is 69.5 Å². The number of carbonyl (C=O) groups excluding carboxylic acids is 1. The Bertz CT molecular complexity index is 730. The number of amides is 1. The van der Waals surface area contributed by atoms with Crippen LogP contribution in [0.5, 0.6) is 0 Å². The largest absolute Gasteiger partial charge is 0.349 e. The minimum atomic E-state index is -0.332. The number of aryl methyl sites for hydroxylation is 2. The molecule has 2 aromatic carbocycles. The molecule has 0 bridgehead atoms. The van der Waals surface area contributed by atoms with E-state index < -0.39 is 0 Å². The van der Waals surface area contributed by atoms with Crippen molar-refractivity contribution in [1.82, 2.24) is 5.32 Å². The van der Waals surface area contributed by atoms with Gasteiger partial charge < -0.3 is 5.32 Å². The van der Waals surface area contributed by atoms with E-state index in [1.165, 1.54) is 29.0 Å². The molecule has 0 aliphatic heterocycles. The summed E-state index contributed by atoms with van der Waals surface area (Å²) in [4.78, 5) is 12.2. The zero-order chi connectivity index (χ0) is 18.4. The highest BCUT2D eigenvalue weighted by Crippen LogP contribution is 2.24. The van der Waals surface area contributed by atoms with Gasteiger partial charge in [0.15, 0.2) is 0 Å². The Hall–Kier alpha value is -1.52. The molecular weight excluding hydrogens is 357 g/mol. The van der Waals surface area contributed by atoms with Gasteiger partial charge in [-0.25, -0.2) is 4.39 Å². The van der Waals surface area contributed by atoms with E-state index in [-0.39, 0.29) is 23.5 Å².